The minimum Gasteiger partial charge on any atom is -0.198 e. The molecule has 0 saturated heterocycles. The normalized spacial score (nSPS) is 14.1. The molecule has 88 valence electrons. The summed E-state index contributed by atoms with van der Waals surface area (Å²) in [6.07, 6.45) is 6.70. The van der Waals surface area contributed by atoms with Crippen molar-refractivity contribution in [2.45, 2.75) is 20.3 Å². The van der Waals surface area contributed by atoms with Gasteiger partial charge in [-0.3, -0.25) is 0 Å². The van der Waals surface area contributed by atoms with Crippen molar-refractivity contribution in [1.29, 1.82) is 0 Å². The third-order valence-corrected chi connectivity index (χ3v) is 3.47. The van der Waals surface area contributed by atoms with E-state index >= 15 is 0 Å². The summed E-state index contributed by atoms with van der Waals surface area (Å²) in [5, 5.41) is 0. The molecule has 0 aliphatic heterocycles. The molecule has 0 aliphatic rings. The number of nitrogens with zero attached hydrogens (tertiary/aromatic N) is 1. The molecule has 0 saturated carbocycles. The van der Waals surface area contributed by atoms with Gasteiger partial charge in [-0.15, -0.1) is 0 Å². The topological polar surface area (TPSA) is 49.4 Å². The van der Waals surface area contributed by atoms with Crippen LogP contribution in [0, 0.1) is 0 Å². The monoisotopic (exact) mass is 232 g/mol. The number of nitrogens with one attached hydrogen (secondary N) is 1. The molecule has 0 aromatic rings. The molecule has 0 rings (SSSR count). The molecule has 15 heavy (non-hydrogen) atoms. The summed E-state index contributed by atoms with van der Waals surface area (Å²) in [7, 11) is -0.306. The fourth-order valence-corrected chi connectivity index (χ4v) is 1.48. The molecule has 0 aromatic heterocycles. The van der Waals surface area contributed by atoms with Crippen LogP contribution in [0.1, 0.15) is 20.3 Å². The second kappa shape index (κ2) is 6.76. The van der Waals surface area contributed by atoms with E-state index in [1.807, 2.05) is 19.1 Å². The van der Waals surface area contributed by atoms with Gasteiger partial charge in [0.05, 0.1) is 0 Å². The Bertz CT molecular complexity index is 329. The quantitative estimate of drug-likeness (QED) is 0.702. The van der Waals surface area contributed by atoms with Crippen LogP contribution in [0.3, 0.4) is 0 Å². The van der Waals surface area contributed by atoms with Crippen molar-refractivity contribution < 1.29 is 8.42 Å². The molecule has 0 fully saturated rings. The van der Waals surface area contributed by atoms with Gasteiger partial charge in [0.1, 0.15) is 0 Å². The lowest BCUT2D eigenvalue weighted by molar-refractivity contribution is 0.509. The van der Waals surface area contributed by atoms with Crippen LogP contribution < -0.4 is 4.72 Å². The van der Waals surface area contributed by atoms with Crippen LogP contribution >= 0.6 is 0 Å². The predicted molar refractivity (Wildman–Crippen MR) is 63.8 cm³/mol. The van der Waals surface area contributed by atoms with Crippen molar-refractivity contribution in [2.75, 3.05) is 20.6 Å². The smallest absolute Gasteiger partial charge is 0.198 e. The zero-order chi connectivity index (χ0) is 11.9. The molecule has 0 aromatic carbocycles. The lowest BCUT2D eigenvalue weighted by Crippen LogP contribution is -2.35. The van der Waals surface area contributed by atoms with Crippen LogP contribution in [0.2, 0.25) is 0 Å². The summed E-state index contributed by atoms with van der Waals surface area (Å²) in [6.45, 7) is 4.34. The van der Waals surface area contributed by atoms with Gasteiger partial charge in [-0.2, -0.15) is 17.4 Å². The highest BCUT2D eigenvalue weighted by molar-refractivity contribution is 7.87. The lowest BCUT2D eigenvalue weighted by atomic mass is 10.2. The molecule has 0 spiro atoms. The molecule has 0 heterocycles. The maximum Gasteiger partial charge on any atom is 0.279 e. The van der Waals surface area contributed by atoms with Gasteiger partial charge in [0, 0.05) is 20.6 Å². The van der Waals surface area contributed by atoms with E-state index in [-0.39, 0.29) is 0 Å². The number of rotatable bonds is 6. The Kier molecular flexibility index (Phi) is 6.47. The molecule has 1 N–H and O–H groups in total. The van der Waals surface area contributed by atoms with Gasteiger partial charge < -0.3 is 0 Å². The number of hydrogen-bond donors (Lipinski definition) is 1. The average Bonchev–Trinajstić information content (AvgIpc) is 2.18. The molecular formula is C10H20N2O2S. The predicted octanol–water partition coefficient (Wildman–Crippen LogP) is 1.29. The van der Waals surface area contributed by atoms with Crippen molar-refractivity contribution in [3.05, 3.63) is 23.8 Å². The van der Waals surface area contributed by atoms with Gasteiger partial charge in [0.15, 0.2) is 0 Å². The molecule has 0 unspecified atom stereocenters. The van der Waals surface area contributed by atoms with Gasteiger partial charge in [-0.1, -0.05) is 30.7 Å². The van der Waals surface area contributed by atoms with Gasteiger partial charge in [0.25, 0.3) is 10.2 Å². The third-order valence-electron chi connectivity index (χ3n) is 1.98. The molecule has 4 nitrogen and oxygen atoms in total. The Morgan fingerprint density at radius 2 is 2.00 bits per heavy atom. The zero-order valence-corrected chi connectivity index (χ0v) is 10.6. The maximum absolute atomic E-state index is 11.3. The van der Waals surface area contributed by atoms with Crippen molar-refractivity contribution in [3.63, 3.8) is 0 Å². The summed E-state index contributed by atoms with van der Waals surface area (Å²) in [5.41, 5.74) is 1.19. The summed E-state index contributed by atoms with van der Waals surface area (Å²) in [6, 6.07) is 0. The fraction of sp³-hybridized carbons (Fsp3) is 0.600. The molecule has 0 radical (unpaired) electrons. The zero-order valence-electron chi connectivity index (χ0n) is 9.82. The van der Waals surface area contributed by atoms with Crippen LogP contribution in [0.4, 0.5) is 0 Å². The van der Waals surface area contributed by atoms with E-state index in [2.05, 4.69) is 11.6 Å². The van der Waals surface area contributed by atoms with Crippen LogP contribution in [-0.2, 0) is 10.2 Å². The first-order chi connectivity index (χ1) is 6.94. The number of allylic oxidation sites excluding steroid dienone is 3. The van der Waals surface area contributed by atoms with E-state index in [1.165, 1.54) is 19.7 Å². The second-order valence-corrected chi connectivity index (χ2v) is 5.22. The standard InChI is InChI=1S/C10H20N2O2S/c1-5-10(6-2)8-7-9-11-15(13,14)12(3)4/h5,7-8,11H,6,9H2,1-4H3. The summed E-state index contributed by atoms with van der Waals surface area (Å²) in [4.78, 5) is 0. The van der Waals surface area contributed by atoms with Crippen LogP contribution in [0.5, 0.6) is 0 Å². The Labute approximate surface area is 92.9 Å². The van der Waals surface area contributed by atoms with E-state index in [1.54, 1.807) is 6.08 Å². The van der Waals surface area contributed by atoms with Crippen LogP contribution in [0.25, 0.3) is 0 Å². The minimum absolute atomic E-state index is 0.317. The van der Waals surface area contributed by atoms with Gasteiger partial charge >= 0.3 is 0 Å². The lowest BCUT2D eigenvalue weighted by Gasteiger charge is -2.10. The molecule has 0 aliphatic carbocycles. The highest BCUT2D eigenvalue weighted by Crippen LogP contribution is 2.00. The van der Waals surface area contributed by atoms with Crippen molar-refractivity contribution in [1.82, 2.24) is 9.03 Å². The molecule has 0 bridgehead atoms. The van der Waals surface area contributed by atoms with Crippen molar-refractivity contribution in [2.24, 2.45) is 0 Å². The summed E-state index contributed by atoms with van der Waals surface area (Å²) < 4.78 is 26.2. The highest BCUT2D eigenvalue weighted by Gasteiger charge is 2.09. The Morgan fingerprint density at radius 1 is 1.40 bits per heavy atom. The molecule has 0 amide bonds. The summed E-state index contributed by atoms with van der Waals surface area (Å²) in [5.74, 6) is 0. The fourth-order valence-electron chi connectivity index (χ4n) is 0.911. The first-order valence-electron chi connectivity index (χ1n) is 4.92. The Balaban J connectivity index is 4.11. The largest absolute Gasteiger partial charge is 0.279 e. The van der Waals surface area contributed by atoms with E-state index in [0.717, 1.165) is 10.7 Å². The van der Waals surface area contributed by atoms with E-state index < -0.39 is 10.2 Å². The van der Waals surface area contributed by atoms with Crippen LogP contribution in [-0.4, -0.2) is 33.4 Å². The average molecular weight is 232 g/mol. The van der Waals surface area contributed by atoms with Gasteiger partial charge in [-0.25, -0.2) is 0 Å². The second-order valence-electron chi connectivity index (χ2n) is 3.26. The minimum atomic E-state index is -3.30. The van der Waals surface area contributed by atoms with Gasteiger partial charge in [-0.05, 0) is 13.3 Å². The Morgan fingerprint density at radius 3 is 2.40 bits per heavy atom. The maximum atomic E-state index is 11.3. The molecule has 0 atom stereocenters. The van der Waals surface area contributed by atoms with E-state index in [4.69, 9.17) is 0 Å². The number of hydrogen-bond acceptors (Lipinski definition) is 2. The van der Waals surface area contributed by atoms with Gasteiger partial charge in [0.2, 0.25) is 0 Å². The van der Waals surface area contributed by atoms with E-state index in [9.17, 15) is 8.42 Å². The first kappa shape index (κ1) is 14.3. The van der Waals surface area contributed by atoms with Crippen molar-refractivity contribution >= 4 is 10.2 Å². The Hall–Kier alpha value is -0.650. The van der Waals surface area contributed by atoms with E-state index in [0.29, 0.717) is 6.54 Å². The summed E-state index contributed by atoms with van der Waals surface area (Å²) >= 11 is 0. The molecule has 5 heteroatoms. The third kappa shape index (κ3) is 5.71. The van der Waals surface area contributed by atoms with Crippen LogP contribution in [0.15, 0.2) is 23.8 Å². The first-order valence-corrected chi connectivity index (χ1v) is 6.37. The molecular weight excluding hydrogens is 212 g/mol. The SMILES string of the molecule is CC=C(C=CCNS(=O)(=O)N(C)C)CC. The highest BCUT2D eigenvalue weighted by atomic mass is 32.2. The van der Waals surface area contributed by atoms with Crippen molar-refractivity contribution in [3.8, 4) is 0 Å².